The van der Waals surface area contributed by atoms with E-state index in [1.54, 1.807) is 0 Å². The monoisotopic (exact) mass is 251 g/mol. The molecule has 0 saturated heterocycles. The summed E-state index contributed by atoms with van der Waals surface area (Å²) in [5.41, 5.74) is 1.73. The second kappa shape index (κ2) is 4.29. The highest BCUT2D eigenvalue weighted by atomic mass is 35.5. The quantitative estimate of drug-likeness (QED) is 0.856. The van der Waals surface area contributed by atoms with Crippen LogP contribution in [0, 0.1) is 5.92 Å². The molecule has 0 aromatic heterocycles. The van der Waals surface area contributed by atoms with Gasteiger partial charge in [-0.1, -0.05) is 36.7 Å². The Morgan fingerprint density at radius 3 is 2.41 bits per heavy atom. The molecule has 1 aromatic rings. The molecule has 1 saturated carbocycles. The van der Waals surface area contributed by atoms with E-state index in [-0.39, 0.29) is 11.0 Å². The van der Waals surface area contributed by atoms with Gasteiger partial charge < -0.3 is 5.32 Å². The second-order valence-electron chi connectivity index (χ2n) is 6.34. The minimum atomic E-state index is 0.163. The summed E-state index contributed by atoms with van der Waals surface area (Å²) in [5, 5.41) is 4.53. The van der Waals surface area contributed by atoms with E-state index < -0.39 is 0 Å². The number of rotatable bonds is 3. The minimum Gasteiger partial charge on any atom is -0.311 e. The predicted molar refractivity (Wildman–Crippen MR) is 74.7 cm³/mol. The van der Waals surface area contributed by atoms with Crippen molar-refractivity contribution in [2.45, 2.75) is 45.1 Å². The van der Waals surface area contributed by atoms with Gasteiger partial charge in [0.25, 0.3) is 0 Å². The molecule has 94 valence electrons. The average molecular weight is 252 g/mol. The van der Waals surface area contributed by atoms with Gasteiger partial charge >= 0.3 is 0 Å². The molecule has 1 nitrogen and oxygen atoms in total. The molecule has 1 aliphatic carbocycles. The van der Waals surface area contributed by atoms with Gasteiger partial charge in [0.05, 0.1) is 0 Å². The van der Waals surface area contributed by atoms with Crippen LogP contribution in [0.25, 0.3) is 0 Å². The van der Waals surface area contributed by atoms with Gasteiger partial charge in [-0.2, -0.15) is 0 Å². The zero-order valence-electron chi connectivity index (χ0n) is 11.2. The maximum atomic E-state index is 6.34. The van der Waals surface area contributed by atoms with Crippen LogP contribution in [-0.2, 0) is 5.41 Å². The third kappa shape index (κ3) is 2.66. The molecule has 0 spiro atoms. The lowest BCUT2D eigenvalue weighted by Crippen LogP contribution is -2.41. The normalized spacial score (nSPS) is 28.2. The van der Waals surface area contributed by atoms with Gasteiger partial charge in [0.2, 0.25) is 0 Å². The molecule has 2 atom stereocenters. The summed E-state index contributed by atoms with van der Waals surface area (Å²) in [7, 11) is 0. The van der Waals surface area contributed by atoms with Crippen molar-refractivity contribution in [2.75, 3.05) is 6.54 Å². The van der Waals surface area contributed by atoms with Gasteiger partial charge in [0, 0.05) is 22.5 Å². The summed E-state index contributed by atoms with van der Waals surface area (Å²) in [6, 6.07) is 8.27. The molecule has 0 amide bonds. The van der Waals surface area contributed by atoms with E-state index in [0.717, 1.165) is 17.5 Å². The summed E-state index contributed by atoms with van der Waals surface area (Å²) in [4.78, 5) is 0. The van der Waals surface area contributed by atoms with Crippen LogP contribution in [-0.4, -0.2) is 12.1 Å². The summed E-state index contributed by atoms with van der Waals surface area (Å²) in [6.07, 6.45) is 1.24. The van der Waals surface area contributed by atoms with Crippen molar-refractivity contribution in [2.24, 2.45) is 5.92 Å². The van der Waals surface area contributed by atoms with Gasteiger partial charge in [-0.15, -0.1) is 0 Å². The standard InChI is InChI=1S/C15H22ClN/c1-11-9-15(11,10-17-14(2,3)4)12-7-5-6-8-13(12)16/h5-8,11,17H,9-10H2,1-4H3. The lowest BCUT2D eigenvalue weighted by Gasteiger charge is -2.26. The molecule has 1 fully saturated rings. The van der Waals surface area contributed by atoms with Crippen molar-refractivity contribution in [3.8, 4) is 0 Å². The largest absolute Gasteiger partial charge is 0.311 e. The Labute approximate surface area is 110 Å². The van der Waals surface area contributed by atoms with Crippen LogP contribution in [0.15, 0.2) is 24.3 Å². The lowest BCUT2D eigenvalue weighted by atomic mass is 9.92. The lowest BCUT2D eigenvalue weighted by molar-refractivity contribution is 0.392. The number of nitrogens with one attached hydrogen (secondary N) is 1. The zero-order valence-corrected chi connectivity index (χ0v) is 11.9. The molecule has 1 aliphatic rings. The topological polar surface area (TPSA) is 12.0 Å². The van der Waals surface area contributed by atoms with Crippen LogP contribution in [0.1, 0.15) is 39.7 Å². The van der Waals surface area contributed by atoms with Gasteiger partial charge in [0.1, 0.15) is 0 Å². The minimum absolute atomic E-state index is 0.163. The van der Waals surface area contributed by atoms with E-state index in [0.29, 0.717) is 0 Å². The Morgan fingerprint density at radius 2 is 1.94 bits per heavy atom. The fourth-order valence-corrected chi connectivity index (χ4v) is 2.82. The first-order valence-corrected chi connectivity index (χ1v) is 6.73. The van der Waals surface area contributed by atoms with Gasteiger partial charge in [-0.3, -0.25) is 0 Å². The molecular formula is C15H22ClN. The van der Waals surface area contributed by atoms with Crippen molar-refractivity contribution in [1.29, 1.82) is 0 Å². The fourth-order valence-electron chi connectivity index (χ4n) is 2.49. The second-order valence-corrected chi connectivity index (χ2v) is 6.75. The maximum Gasteiger partial charge on any atom is 0.0444 e. The highest BCUT2D eigenvalue weighted by Gasteiger charge is 2.53. The van der Waals surface area contributed by atoms with E-state index in [4.69, 9.17) is 11.6 Å². The third-order valence-electron chi connectivity index (χ3n) is 3.80. The zero-order chi connectivity index (χ0) is 12.7. The van der Waals surface area contributed by atoms with Crippen LogP contribution < -0.4 is 5.32 Å². The predicted octanol–water partition coefficient (Wildman–Crippen LogP) is 4.01. The first kappa shape index (κ1) is 12.9. The molecular weight excluding hydrogens is 230 g/mol. The average Bonchev–Trinajstić information content (AvgIpc) is 2.87. The van der Waals surface area contributed by atoms with Crippen LogP contribution in [0.4, 0.5) is 0 Å². The Morgan fingerprint density at radius 1 is 1.35 bits per heavy atom. The van der Waals surface area contributed by atoms with Crippen molar-refractivity contribution >= 4 is 11.6 Å². The highest BCUT2D eigenvalue weighted by Crippen LogP contribution is 2.55. The van der Waals surface area contributed by atoms with E-state index in [2.05, 4.69) is 45.1 Å². The van der Waals surface area contributed by atoms with Crippen molar-refractivity contribution < 1.29 is 0 Å². The van der Waals surface area contributed by atoms with Crippen molar-refractivity contribution in [3.05, 3.63) is 34.9 Å². The molecule has 0 bridgehead atoms. The first-order valence-electron chi connectivity index (χ1n) is 6.35. The van der Waals surface area contributed by atoms with Gasteiger partial charge in [-0.05, 0) is 44.7 Å². The van der Waals surface area contributed by atoms with Gasteiger partial charge in [0.15, 0.2) is 0 Å². The van der Waals surface area contributed by atoms with Crippen LogP contribution in [0.3, 0.4) is 0 Å². The third-order valence-corrected chi connectivity index (χ3v) is 4.13. The highest BCUT2D eigenvalue weighted by molar-refractivity contribution is 6.31. The van der Waals surface area contributed by atoms with Crippen molar-refractivity contribution in [1.82, 2.24) is 5.32 Å². The molecule has 1 N–H and O–H groups in total. The molecule has 2 unspecified atom stereocenters. The van der Waals surface area contributed by atoms with E-state index >= 15 is 0 Å². The smallest absolute Gasteiger partial charge is 0.0444 e. The molecule has 1 aromatic carbocycles. The Balaban J connectivity index is 2.19. The molecule has 2 rings (SSSR count). The maximum absolute atomic E-state index is 6.34. The molecule has 0 aliphatic heterocycles. The number of hydrogen-bond acceptors (Lipinski definition) is 1. The fraction of sp³-hybridized carbons (Fsp3) is 0.600. The van der Waals surface area contributed by atoms with E-state index in [1.165, 1.54) is 12.0 Å². The summed E-state index contributed by atoms with van der Waals surface area (Å²) in [5.74, 6) is 0.720. The van der Waals surface area contributed by atoms with E-state index in [1.807, 2.05) is 12.1 Å². The Hall–Kier alpha value is -0.530. The molecule has 2 heteroatoms. The molecule has 0 radical (unpaired) electrons. The van der Waals surface area contributed by atoms with Crippen molar-refractivity contribution in [3.63, 3.8) is 0 Å². The first-order chi connectivity index (χ1) is 7.85. The molecule has 17 heavy (non-hydrogen) atoms. The van der Waals surface area contributed by atoms with Crippen LogP contribution >= 0.6 is 11.6 Å². The SMILES string of the molecule is CC1CC1(CNC(C)(C)C)c1ccccc1Cl. The Kier molecular flexibility index (Phi) is 3.26. The summed E-state index contributed by atoms with van der Waals surface area (Å²) in [6.45, 7) is 9.95. The number of hydrogen-bond donors (Lipinski definition) is 1. The summed E-state index contributed by atoms with van der Waals surface area (Å²) < 4.78 is 0. The Bertz CT molecular complexity index is 408. The van der Waals surface area contributed by atoms with E-state index in [9.17, 15) is 0 Å². The summed E-state index contributed by atoms with van der Waals surface area (Å²) >= 11 is 6.34. The molecule has 0 heterocycles. The number of benzene rings is 1. The van der Waals surface area contributed by atoms with Crippen LogP contribution in [0.5, 0.6) is 0 Å². The van der Waals surface area contributed by atoms with Gasteiger partial charge in [-0.25, -0.2) is 0 Å². The number of halogens is 1. The van der Waals surface area contributed by atoms with Crippen LogP contribution in [0.2, 0.25) is 5.02 Å².